The fourth-order valence-electron chi connectivity index (χ4n) is 10.3. The van der Waals surface area contributed by atoms with E-state index in [0.717, 1.165) is 36.7 Å². The molecule has 170 valence electrons. The third-order valence-corrected chi connectivity index (χ3v) is 12.0. The van der Waals surface area contributed by atoms with Crippen LogP contribution in [-0.4, -0.2) is 24.5 Å². The van der Waals surface area contributed by atoms with Crippen molar-refractivity contribution in [2.75, 3.05) is 6.61 Å². The molecular formula is C27H45NO2. The average Bonchev–Trinajstić information content (AvgIpc) is 3.16. The molecule has 3 nitrogen and oxygen atoms in total. The van der Waals surface area contributed by atoms with E-state index in [9.17, 15) is 0 Å². The van der Waals surface area contributed by atoms with E-state index in [4.69, 9.17) is 15.2 Å². The monoisotopic (exact) mass is 415 g/mol. The molecule has 1 spiro atoms. The first-order valence-corrected chi connectivity index (χ1v) is 13.3. The number of rotatable bonds is 0. The number of ether oxygens (including phenoxy) is 2. The van der Waals surface area contributed by atoms with Crippen molar-refractivity contribution in [2.45, 2.75) is 110 Å². The third-order valence-electron chi connectivity index (χ3n) is 12.0. The minimum absolute atomic E-state index is 0.268. The Bertz CT molecular complexity index is 686. The zero-order chi connectivity index (χ0) is 20.9. The van der Waals surface area contributed by atoms with Crippen molar-refractivity contribution in [2.24, 2.45) is 58.0 Å². The van der Waals surface area contributed by atoms with Gasteiger partial charge in [0.25, 0.3) is 0 Å². The Kier molecular flexibility index (Phi) is 4.58. The molecule has 6 aliphatic rings. The quantitative estimate of drug-likeness (QED) is 0.547. The van der Waals surface area contributed by atoms with Gasteiger partial charge in [0.05, 0.1) is 12.7 Å². The molecule has 0 aromatic rings. The molecule has 6 rings (SSSR count). The molecule has 12 atom stereocenters. The van der Waals surface area contributed by atoms with Crippen LogP contribution in [0.15, 0.2) is 0 Å². The minimum atomic E-state index is -0.268. The van der Waals surface area contributed by atoms with Crippen molar-refractivity contribution in [3.63, 3.8) is 0 Å². The van der Waals surface area contributed by atoms with Crippen LogP contribution in [-0.2, 0) is 9.47 Å². The molecule has 0 amide bonds. The van der Waals surface area contributed by atoms with Crippen molar-refractivity contribution in [3.05, 3.63) is 0 Å². The van der Waals surface area contributed by atoms with Crippen LogP contribution in [0.3, 0.4) is 0 Å². The molecule has 4 aliphatic carbocycles. The molecule has 2 N–H and O–H groups in total. The van der Waals surface area contributed by atoms with Gasteiger partial charge in [-0.1, -0.05) is 27.7 Å². The van der Waals surface area contributed by atoms with Gasteiger partial charge in [0.15, 0.2) is 5.79 Å². The predicted octanol–water partition coefficient (Wildman–Crippen LogP) is 5.76. The maximum Gasteiger partial charge on any atom is 0.171 e. The van der Waals surface area contributed by atoms with E-state index in [1.54, 1.807) is 0 Å². The Balaban J connectivity index is 1.26. The number of hydrogen-bond acceptors (Lipinski definition) is 3. The van der Waals surface area contributed by atoms with Gasteiger partial charge in [-0.2, -0.15) is 0 Å². The van der Waals surface area contributed by atoms with Crippen LogP contribution in [0.4, 0.5) is 0 Å². The fourth-order valence-corrected chi connectivity index (χ4v) is 10.3. The Hall–Kier alpha value is -0.120. The largest absolute Gasteiger partial charge is 0.349 e. The van der Waals surface area contributed by atoms with E-state index in [0.29, 0.717) is 40.7 Å². The second-order valence-corrected chi connectivity index (χ2v) is 13.2. The molecule has 0 aromatic heterocycles. The molecule has 6 fully saturated rings. The summed E-state index contributed by atoms with van der Waals surface area (Å²) in [7, 11) is 0. The molecule has 30 heavy (non-hydrogen) atoms. The summed E-state index contributed by atoms with van der Waals surface area (Å²) < 4.78 is 13.4. The fraction of sp³-hybridized carbons (Fsp3) is 1.00. The predicted molar refractivity (Wildman–Crippen MR) is 120 cm³/mol. The van der Waals surface area contributed by atoms with Crippen LogP contribution >= 0.6 is 0 Å². The summed E-state index contributed by atoms with van der Waals surface area (Å²) in [6.07, 6.45) is 13.7. The third kappa shape index (κ3) is 2.61. The van der Waals surface area contributed by atoms with Gasteiger partial charge < -0.3 is 15.2 Å². The molecule has 2 saturated heterocycles. The van der Waals surface area contributed by atoms with Gasteiger partial charge in [0.1, 0.15) is 0 Å². The zero-order valence-corrected chi connectivity index (χ0v) is 19.9. The standard InChI is InChI=1S/C27H45NO2/c1-16-7-12-27(29-15-16)17(2)24-23(30-27)14-22-20-6-5-18-13-19(28)8-10-25(18,3)21(20)9-11-26(22,24)4/h16-24H,5-15,28H2,1-4H3/t16?,17-,18?,19?,20+,21-,22-,23-,24-,25-,26-,27+/m0/s1. The minimum Gasteiger partial charge on any atom is -0.349 e. The summed E-state index contributed by atoms with van der Waals surface area (Å²) in [4.78, 5) is 0. The van der Waals surface area contributed by atoms with Gasteiger partial charge in [-0.3, -0.25) is 0 Å². The lowest BCUT2D eigenvalue weighted by Gasteiger charge is -2.61. The second-order valence-electron chi connectivity index (χ2n) is 13.2. The van der Waals surface area contributed by atoms with Gasteiger partial charge in [0, 0.05) is 18.4 Å². The second kappa shape index (κ2) is 6.70. The van der Waals surface area contributed by atoms with Crippen molar-refractivity contribution in [1.29, 1.82) is 0 Å². The first-order valence-electron chi connectivity index (χ1n) is 13.3. The molecule has 3 heteroatoms. The lowest BCUT2D eigenvalue weighted by molar-refractivity contribution is -0.273. The van der Waals surface area contributed by atoms with Crippen molar-refractivity contribution >= 4 is 0 Å². The van der Waals surface area contributed by atoms with E-state index in [-0.39, 0.29) is 5.79 Å². The summed E-state index contributed by atoms with van der Waals surface area (Å²) in [6.45, 7) is 11.0. The lowest BCUT2D eigenvalue weighted by Crippen LogP contribution is -2.55. The van der Waals surface area contributed by atoms with E-state index in [2.05, 4.69) is 27.7 Å². The Morgan fingerprint density at radius 1 is 0.833 bits per heavy atom. The molecule has 2 heterocycles. The van der Waals surface area contributed by atoms with E-state index in [1.165, 1.54) is 57.8 Å². The summed E-state index contributed by atoms with van der Waals surface area (Å²) in [5.41, 5.74) is 7.40. The molecule has 0 aromatic carbocycles. The average molecular weight is 416 g/mol. The van der Waals surface area contributed by atoms with Gasteiger partial charge in [-0.05, 0) is 104 Å². The molecule has 2 aliphatic heterocycles. The SMILES string of the molecule is CC1CC[C@@]2(OC1)O[C@H]1C[C@H]3[C@@H]4CCC5CC(N)CC[C@]5(C)[C@H]4CC[C@]3(C)[C@H]1[C@@H]2C. The summed E-state index contributed by atoms with van der Waals surface area (Å²) >= 11 is 0. The van der Waals surface area contributed by atoms with Crippen LogP contribution in [0, 0.1) is 52.3 Å². The molecular weight excluding hydrogens is 370 g/mol. The maximum absolute atomic E-state index is 6.92. The van der Waals surface area contributed by atoms with Crippen molar-refractivity contribution in [1.82, 2.24) is 0 Å². The molecule has 4 saturated carbocycles. The smallest absolute Gasteiger partial charge is 0.171 e. The van der Waals surface area contributed by atoms with E-state index < -0.39 is 0 Å². The van der Waals surface area contributed by atoms with Gasteiger partial charge >= 0.3 is 0 Å². The number of nitrogens with two attached hydrogens (primary N) is 1. The van der Waals surface area contributed by atoms with Crippen LogP contribution < -0.4 is 5.73 Å². The molecule has 0 bridgehead atoms. The summed E-state index contributed by atoms with van der Waals surface area (Å²) in [6, 6.07) is 0.461. The lowest BCUT2D eigenvalue weighted by atomic mass is 9.44. The highest BCUT2D eigenvalue weighted by atomic mass is 16.7. The Morgan fingerprint density at radius 2 is 1.63 bits per heavy atom. The summed E-state index contributed by atoms with van der Waals surface area (Å²) in [5, 5.41) is 0. The van der Waals surface area contributed by atoms with Gasteiger partial charge in [-0.15, -0.1) is 0 Å². The maximum atomic E-state index is 6.92. The van der Waals surface area contributed by atoms with Crippen LogP contribution in [0.2, 0.25) is 0 Å². The van der Waals surface area contributed by atoms with Gasteiger partial charge in [0.2, 0.25) is 0 Å². The normalized spacial score (nSPS) is 62.5. The van der Waals surface area contributed by atoms with Crippen molar-refractivity contribution < 1.29 is 9.47 Å². The highest BCUT2D eigenvalue weighted by molar-refractivity contribution is 5.15. The van der Waals surface area contributed by atoms with Gasteiger partial charge in [-0.25, -0.2) is 0 Å². The first kappa shape index (κ1) is 20.5. The van der Waals surface area contributed by atoms with Crippen LogP contribution in [0.25, 0.3) is 0 Å². The summed E-state index contributed by atoms with van der Waals surface area (Å²) in [5.74, 6) is 5.25. The molecule has 3 unspecified atom stereocenters. The first-order chi connectivity index (χ1) is 14.3. The van der Waals surface area contributed by atoms with Crippen molar-refractivity contribution in [3.8, 4) is 0 Å². The Morgan fingerprint density at radius 3 is 2.40 bits per heavy atom. The molecule has 0 radical (unpaired) electrons. The van der Waals surface area contributed by atoms with E-state index in [1.807, 2.05) is 0 Å². The number of fused-ring (bicyclic) bond motifs is 7. The van der Waals surface area contributed by atoms with E-state index >= 15 is 0 Å². The highest BCUT2D eigenvalue weighted by Gasteiger charge is 2.69. The van der Waals surface area contributed by atoms with Crippen LogP contribution in [0.5, 0.6) is 0 Å². The zero-order valence-electron chi connectivity index (χ0n) is 19.9. The Labute approximate surface area is 184 Å². The topological polar surface area (TPSA) is 44.5 Å². The highest BCUT2D eigenvalue weighted by Crippen LogP contribution is 2.71. The number of hydrogen-bond donors (Lipinski definition) is 1. The van der Waals surface area contributed by atoms with Crippen LogP contribution in [0.1, 0.15) is 91.9 Å².